The van der Waals surface area contributed by atoms with Gasteiger partial charge < -0.3 is 9.73 Å². The zero-order chi connectivity index (χ0) is 11.0. The summed E-state index contributed by atoms with van der Waals surface area (Å²) >= 11 is 3.53. The van der Waals surface area contributed by atoms with E-state index in [0.29, 0.717) is 0 Å². The number of aryl methyl sites for hydroxylation is 1. The molecule has 1 unspecified atom stereocenters. The summed E-state index contributed by atoms with van der Waals surface area (Å²) in [6, 6.07) is 6.45. The molecule has 2 aromatic rings. The van der Waals surface area contributed by atoms with E-state index in [1.165, 1.54) is 5.56 Å². The van der Waals surface area contributed by atoms with Gasteiger partial charge >= 0.3 is 0 Å². The Morgan fingerprint density at radius 1 is 1.40 bits per heavy atom. The van der Waals surface area contributed by atoms with Crippen LogP contribution in [0.3, 0.4) is 0 Å². The Hall–Kier alpha value is -0.800. The molecule has 1 aromatic heterocycles. The highest BCUT2D eigenvalue weighted by molar-refractivity contribution is 9.10. The van der Waals surface area contributed by atoms with Gasteiger partial charge in [-0.1, -0.05) is 22.0 Å². The lowest BCUT2D eigenvalue weighted by molar-refractivity contribution is 0.474. The van der Waals surface area contributed by atoms with Crippen molar-refractivity contribution >= 4 is 26.9 Å². The van der Waals surface area contributed by atoms with Crippen LogP contribution < -0.4 is 5.32 Å². The largest absolute Gasteiger partial charge is 0.459 e. The van der Waals surface area contributed by atoms with Crippen LogP contribution in [0.25, 0.3) is 11.0 Å². The monoisotopic (exact) mass is 267 g/mol. The zero-order valence-electron chi connectivity index (χ0n) is 9.10. The summed E-state index contributed by atoms with van der Waals surface area (Å²) in [4.78, 5) is 0. The average Bonchev–Trinajstić information content (AvgIpc) is 2.68. The third-order valence-electron chi connectivity index (χ3n) is 2.71. The fraction of sp³-hybridized carbons (Fsp3) is 0.333. The maximum Gasteiger partial charge on any atom is 0.138 e. The van der Waals surface area contributed by atoms with Gasteiger partial charge in [0.15, 0.2) is 0 Å². The van der Waals surface area contributed by atoms with Crippen molar-refractivity contribution in [3.8, 4) is 0 Å². The van der Waals surface area contributed by atoms with Crippen molar-refractivity contribution in [1.82, 2.24) is 5.32 Å². The molecule has 0 aliphatic rings. The van der Waals surface area contributed by atoms with Crippen molar-refractivity contribution in [2.24, 2.45) is 0 Å². The lowest BCUT2D eigenvalue weighted by atomic mass is 10.1. The minimum absolute atomic E-state index is 0.240. The molecule has 80 valence electrons. The highest BCUT2D eigenvalue weighted by Gasteiger charge is 2.12. The van der Waals surface area contributed by atoms with Gasteiger partial charge in [0.2, 0.25) is 0 Å². The van der Waals surface area contributed by atoms with E-state index in [9.17, 15) is 0 Å². The molecule has 0 spiro atoms. The summed E-state index contributed by atoms with van der Waals surface area (Å²) in [5.74, 6) is 0.975. The molecule has 0 bridgehead atoms. The van der Waals surface area contributed by atoms with Crippen LogP contribution >= 0.6 is 15.9 Å². The van der Waals surface area contributed by atoms with Crippen molar-refractivity contribution in [2.75, 3.05) is 7.05 Å². The summed E-state index contributed by atoms with van der Waals surface area (Å²) in [6.45, 7) is 4.15. The fourth-order valence-corrected chi connectivity index (χ4v) is 2.03. The van der Waals surface area contributed by atoms with Crippen LogP contribution in [0.4, 0.5) is 0 Å². The molecular weight excluding hydrogens is 254 g/mol. The number of rotatable bonds is 2. The predicted molar refractivity (Wildman–Crippen MR) is 66.1 cm³/mol. The molecule has 0 aliphatic heterocycles. The molecule has 0 saturated carbocycles. The van der Waals surface area contributed by atoms with Crippen molar-refractivity contribution < 1.29 is 4.42 Å². The highest BCUT2D eigenvalue weighted by Crippen LogP contribution is 2.31. The number of fused-ring (bicyclic) bond motifs is 1. The molecule has 1 aromatic carbocycles. The summed E-state index contributed by atoms with van der Waals surface area (Å²) in [5.41, 5.74) is 2.14. The van der Waals surface area contributed by atoms with Crippen LogP contribution in [0.15, 0.2) is 27.1 Å². The Labute approximate surface area is 97.8 Å². The van der Waals surface area contributed by atoms with Crippen LogP contribution in [0.5, 0.6) is 0 Å². The molecule has 2 nitrogen and oxygen atoms in total. The van der Waals surface area contributed by atoms with Gasteiger partial charge in [-0.3, -0.25) is 0 Å². The quantitative estimate of drug-likeness (QED) is 0.896. The van der Waals surface area contributed by atoms with Crippen molar-refractivity contribution in [1.29, 1.82) is 0 Å². The maximum absolute atomic E-state index is 5.84. The van der Waals surface area contributed by atoms with E-state index in [0.717, 1.165) is 21.2 Å². The lowest BCUT2D eigenvalue weighted by Gasteiger charge is -2.04. The first kappa shape index (κ1) is 10.7. The SMILES string of the molecule is CNC(C)c1cc2c(Br)ccc(C)c2o1. The maximum atomic E-state index is 5.84. The lowest BCUT2D eigenvalue weighted by Crippen LogP contribution is -2.10. The smallest absolute Gasteiger partial charge is 0.138 e. The molecule has 3 heteroatoms. The van der Waals surface area contributed by atoms with Crippen molar-refractivity contribution in [2.45, 2.75) is 19.9 Å². The van der Waals surface area contributed by atoms with E-state index in [1.54, 1.807) is 0 Å². The summed E-state index contributed by atoms with van der Waals surface area (Å²) in [7, 11) is 1.93. The number of nitrogens with one attached hydrogen (secondary N) is 1. The second kappa shape index (κ2) is 3.99. The summed E-state index contributed by atoms with van der Waals surface area (Å²) in [6.07, 6.45) is 0. The van der Waals surface area contributed by atoms with Crippen molar-refractivity contribution in [3.63, 3.8) is 0 Å². The standard InChI is InChI=1S/C12H14BrNO/c1-7-4-5-10(13)9-6-11(8(2)14-3)15-12(7)9/h4-6,8,14H,1-3H3. The van der Waals surface area contributed by atoms with Crippen LogP contribution in [0.1, 0.15) is 24.3 Å². The first-order chi connectivity index (χ1) is 7.13. The normalized spacial score (nSPS) is 13.3. The van der Waals surface area contributed by atoms with E-state index in [4.69, 9.17) is 4.42 Å². The van der Waals surface area contributed by atoms with E-state index in [1.807, 2.05) is 7.05 Å². The molecule has 1 heterocycles. The van der Waals surface area contributed by atoms with E-state index in [-0.39, 0.29) is 6.04 Å². The van der Waals surface area contributed by atoms with Crippen molar-refractivity contribution in [3.05, 3.63) is 34.0 Å². The van der Waals surface area contributed by atoms with Crippen LogP contribution in [0, 0.1) is 6.92 Å². The Morgan fingerprint density at radius 3 is 2.73 bits per heavy atom. The number of halogens is 1. The average molecular weight is 268 g/mol. The van der Waals surface area contributed by atoms with Gasteiger partial charge in [-0.25, -0.2) is 0 Å². The van der Waals surface area contributed by atoms with Gasteiger partial charge in [-0.05, 0) is 38.6 Å². The van der Waals surface area contributed by atoms with Crippen LogP contribution in [-0.4, -0.2) is 7.05 Å². The Balaban J connectivity index is 2.64. The minimum atomic E-state index is 0.240. The molecular formula is C12H14BrNO. The second-order valence-electron chi connectivity index (χ2n) is 3.77. The highest BCUT2D eigenvalue weighted by atomic mass is 79.9. The van der Waals surface area contributed by atoms with Gasteiger partial charge in [-0.15, -0.1) is 0 Å². The first-order valence-electron chi connectivity index (χ1n) is 4.99. The topological polar surface area (TPSA) is 25.2 Å². The molecule has 15 heavy (non-hydrogen) atoms. The number of furan rings is 1. The molecule has 0 fully saturated rings. The van der Waals surface area contributed by atoms with Crippen LogP contribution in [-0.2, 0) is 0 Å². The van der Waals surface area contributed by atoms with E-state index >= 15 is 0 Å². The molecule has 1 atom stereocenters. The van der Waals surface area contributed by atoms with E-state index in [2.05, 4.69) is 53.3 Å². The molecule has 0 radical (unpaired) electrons. The molecule has 1 N–H and O–H groups in total. The van der Waals surface area contributed by atoms with Gasteiger partial charge in [-0.2, -0.15) is 0 Å². The van der Waals surface area contributed by atoms with Gasteiger partial charge in [0.1, 0.15) is 11.3 Å². The molecule has 0 saturated heterocycles. The van der Waals surface area contributed by atoms with Crippen LogP contribution in [0.2, 0.25) is 0 Å². The van der Waals surface area contributed by atoms with Gasteiger partial charge in [0.05, 0.1) is 6.04 Å². The zero-order valence-corrected chi connectivity index (χ0v) is 10.7. The molecule has 2 rings (SSSR count). The number of hydrogen-bond acceptors (Lipinski definition) is 2. The fourth-order valence-electron chi connectivity index (χ4n) is 1.60. The number of hydrogen-bond donors (Lipinski definition) is 1. The number of benzene rings is 1. The third-order valence-corrected chi connectivity index (χ3v) is 3.40. The predicted octanol–water partition coefficient (Wildman–Crippen LogP) is 3.78. The van der Waals surface area contributed by atoms with E-state index < -0.39 is 0 Å². The summed E-state index contributed by atoms with van der Waals surface area (Å²) < 4.78 is 6.92. The Bertz CT molecular complexity index is 451. The Morgan fingerprint density at radius 2 is 2.13 bits per heavy atom. The second-order valence-corrected chi connectivity index (χ2v) is 4.62. The molecule has 0 aliphatic carbocycles. The minimum Gasteiger partial charge on any atom is -0.459 e. The molecule has 0 amide bonds. The van der Waals surface area contributed by atoms with Gasteiger partial charge in [0, 0.05) is 9.86 Å². The summed E-state index contributed by atoms with van der Waals surface area (Å²) in [5, 5.41) is 4.32. The Kier molecular flexibility index (Phi) is 2.85. The first-order valence-corrected chi connectivity index (χ1v) is 5.78. The van der Waals surface area contributed by atoms with Gasteiger partial charge in [0.25, 0.3) is 0 Å². The third kappa shape index (κ3) is 1.82.